The van der Waals surface area contributed by atoms with Crippen LogP contribution in [0.1, 0.15) is 22.6 Å². The third-order valence-corrected chi connectivity index (χ3v) is 9.20. The van der Waals surface area contributed by atoms with Crippen molar-refractivity contribution in [3.05, 3.63) is 107 Å². The molecule has 0 amide bonds. The van der Waals surface area contributed by atoms with Gasteiger partial charge in [-0.3, -0.25) is 14.4 Å². The molecule has 3 heterocycles. The van der Waals surface area contributed by atoms with Gasteiger partial charge in [-0.1, -0.05) is 58.3 Å². The normalized spacial score (nSPS) is 13.8. The maximum Gasteiger partial charge on any atom is 0.270 e. The lowest BCUT2D eigenvalue weighted by Crippen LogP contribution is -2.30. The molecule has 0 N–H and O–H groups in total. The largest absolute Gasteiger partial charge is 0.460 e. The number of aromatic nitrogens is 1. The molecule has 0 bridgehead atoms. The molecule has 2 aromatic heterocycles. The molecule has 36 heavy (non-hydrogen) atoms. The van der Waals surface area contributed by atoms with E-state index in [9.17, 15) is 13.2 Å². The first-order valence-corrected chi connectivity index (χ1v) is 14.1. The van der Waals surface area contributed by atoms with E-state index in [-0.39, 0.29) is 23.5 Å². The standard InChI is InChI=1S/C25H21Cl2N3O4S2/c1-16-2-8-21(9-3-16)36(32,33)29(14-17-4-5-18(26)12-22(17)27)15-20-7-6-19(34-20)13-23-24(31)30-11-10-28-25(30)35-23/h2-9,12-13H,10-11,14-15H2,1H3/b23-13-. The average Bonchev–Trinajstić information content (AvgIpc) is 3.55. The zero-order valence-corrected chi connectivity index (χ0v) is 22.3. The van der Waals surface area contributed by atoms with E-state index in [1.54, 1.807) is 65.2 Å². The zero-order chi connectivity index (χ0) is 25.4. The lowest BCUT2D eigenvalue weighted by atomic mass is 10.2. The van der Waals surface area contributed by atoms with E-state index in [1.807, 2.05) is 6.92 Å². The fraction of sp³-hybridized carbons (Fsp3) is 0.200. The van der Waals surface area contributed by atoms with Crippen LogP contribution in [-0.2, 0) is 29.7 Å². The van der Waals surface area contributed by atoms with Gasteiger partial charge in [0.1, 0.15) is 11.5 Å². The number of rotatable bonds is 7. The molecule has 0 unspecified atom stereocenters. The Hall–Kier alpha value is -2.69. The molecular weight excluding hydrogens is 541 g/mol. The molecule has 1 aliphatic heterocycles. The van der Waals surface area contributed by atoms with Crippen molar-refractivity contribution in [1.29, 1.82) is 0 Å². The van der Waals surface area contributed by atoms with Crippen LogP contribution in [0.3, 0.4) is 0 Å². The maximum absolute atomic E-state index is 13.6. The Morgan fingerprint density at radius 3 is 2.61 bits per heavy atom. The number of hydrogen-bond donors (Lipinski definition) is 0. The second-order valence-corrected chi connectivity index (χ2v) is 12.1. The van der Waals surface area contributed by atoms with Crippen LogP contribution in [0.5, 0.6) is 0 Å². The molecule has 186 valence electrons. The van der Waals surface area contributed by atoms with Crippen LogP contribution in [0.25, 0.3) is 6.08 Å². The molecule has 5 rings (SSSR count). The first-order chi connectivity index (χ1) is 17.2. The van der Waals surface area contributed by atoms with Gasteiger partial charge >= 0.3 is 0 Å². The summed E-state index contributed by atoms with van der Waals surface area (Å²) in [5.74, 6) is 0.885. The first kappa shape index (κ1) is 25.0. The van der Waals surface area contributed by atoms with Crippen LogP contribution in [0, 0.1) is 6.92 Å². The number of furan rings is 1. The Balaban J connectivity index is 1.48. The molecule has 0 fully saturated rings. The number of halogens is 2. The lowest BCUT2D eigenvalue weighted by molar-refractivity contribution is 0.357. The molecule has 0 radical (unpaired) electrons. The van der Waals surface area contributed by atoms with Crippen molar-refractivity contribution in [1.82, 2.24) is 8.87 Å². The summed E-state index contributed by atoms with van der Waals surface area (Å²) in [4.78, 5) is 17.7. The van der Waals surface area contributed by atoms with Crippen molar-refractivity contribution >= 4 is 50.6 Å². The highest BCUT2D eigenvalue weighted by molar-refractivity contribution is 7.89. The Bertz CT molecular complexity index is 1720. The van der Waals surface area contributed by atoms with Crippen molar-refractivity contribution in [2.75, 3.05) is 6.54 Å². The quantitative estimate of drug-likeness (QED) is 0.341. The van der Waals surface area contributed by atoms with Crippen molar-refractivity contribution in [2.24, 2.45) is 4.99 Å². The third kappa shape index (κ3) is 5.07. The lowest BCUT2D eigenvalue weighted by Gasteiger charge is -2.22. The summed E-state index contributed by atoms with van der Waals surface area (Å²) in [6.07, 6.45) is 1.66. The number of hydrogen-bond acceptors (Lipinski definition) is 6. The van der Waals surface area contributed by atoms with Gasteiger partial charge in [-0.15, -0.1) is 0 Å². The number of nitrogens with zero attached hydrogens (tertiary/aromatic N) is 3. The highest BCUT2D eigenvalue weighted by atomic mass is 35.5. The van der Waals surface area contributed by atoms with Gasteiger partial charge in [0.05, 0.1) is 22.5 Å². The molecule has 11 heteroatoms. The van der Waals surface area contributed by atoms with Crippen LogP contribution in [-0.4, -0.2) is 23.8 Å². The van der Waals surface area contributed by atoms with Crippen LogP contribution >= 0.6 is 34.5 Å². The minimum atomic E-state index is -3.89. The average molecular weight is 563 g/mol. The second kappa shape index (κ2) is 9.99. The van der Waals surface area contributed by atoms with E-state index in [4.69, 9.17) is 27.6 Å². The molecule has 1 aliphatic rings. The van der Waals surface area contributed by atoms with Gasteiger partial charge in [-0.2, -0.15) is 4.31 Å². The minimum absolute atomic E-state index is 0.0203. The molecule has 0 saturated carbocycles. The number of sulfonamides is 1. The predicted molar refractivity (Wildman–Crippen MR) is 141 cm³/mol. The van der Waals surface area contributed by atoms with Crippen LogP contribution in [0.2, 0.25) is 10.0 Å². The molecule has 7 nitrogen and oxygen atoms in total. The minimum Gasteiger partial charge on any atom is -0.460 e. The summed E-state index contributed by atoms with van der Waals surface area (Å²) in [7, 11) is -3.89. The van der Waals surface area contributed by atoms with E-state index in [1.165, 1.54) is 15.6 Å². The molecule has 0 atom stereocenters. The Kier molecular flexibility index (Phi) is 6.93. The molecule has 0 spiro atoms. The summed E-state index contributed by atoms with van der Waals surface area (Å²) < 4.78 is 36.6. The Morgan fingerprint density at radius 2 is 1.89 bits per heavy atom. The van der Waals surface area contributed by atoms with Crippen LogP contribution < -0.4 is 14.9 Å². The first-order valence-electron chi connectivity index (χ1n) is 11.1. The van der Waals surface area contributed by atoms with Crippen LogP contribution in [0.15, 0.2) is 73.7 Å². The monoisotopic (exact) mass is 561 g/mol. The van der Waals surface area contributed by atoms with Crippen LogP contribution in [0.4, 0.5) is 0 Å². The zero-order valence-electron chi connectivity index (χ0n) is 19.1. The number of fused-ring (bicyclic) bond motifs is 1. The molecular formula is C25H21Cl2N3O4S2. The van der Waals surface area contributed by atoms with Gasteiger partial charge in [0.2, 0.25) is 10.0 Å². The van der Waals surface area contributed by atoms with E-state index in [0.717, 1.165) is 5.56 Å². The second-order valence-electron chi connectivity index (χ2n) is 8.36. The summed E-state index contributed by atoms with van der Waals surface area (Å²) in [5, 5.41) is 0.836. The maximum atomic E-state index is 13.6. The Labute approximate surface area is 221 Å². The smallest absolute Gasteiger partial charge is 0.270 e. The van der Waals surface area contributed by atoms with Gasteiger partial charge in [0, 0.05) is 29.2 Å². The summed E-state index contributed by atoms with van der Waals surface area (Å²) >= 11 is 13.7. The van der Waals surface area contributed by atoms with E-state index < -0.39 is 10.0 Å². The molecule has 0 aliphatic carbocycles. The topological polar surface area (TPSA) is 84.9 Å². The van der Waals surface area contributed by atoms with E-state index in [2.05, 4.69) is 4.99 Å². The van der Waals surface area contributed by atoms with E-state index >= 15 is 0 Å². The fourth-order valence-corrected chi connectivity index (χ4v) is 6.72. The van der Waals surface area contributed by atoms with E-state index in [0.29, 0.717) is 49.6 Å². The van der Waals surface area contributed by atoms with Gasteiger partial charge in [0.15, 0.2) is 4.80 Å². The van der Waals surface area contributed by atoms with Gasteiger partial charge < -0.3 is 4.42 Å². The number of aryl methyl sites for hydroxylation is 1. The van der Waals surface area contributed by atoms with Crippen molar-refractivity contribution in [2.45, 2.75) is 31.5 Å². The fourth-order valence-electron chi connectivity index (χ4n) is 3.85. The highest BCUT2D eigenvalue weighted by Crippen LogP contribution is 2.27. The van der Waals surface area contributed by atoms with Gasteiger partial charge in [0.25, 0.3) is 5.56 Å². The summed E-state index contributed by atoms with van der Waals surface area (Å²) in [6, 6.07) is 15.0. The summed E-state index contributed by atoms with van der Waals surface area (Å²) in [6.45, 7) is 3.09. The Morgan fingerprint density at radius 1 is 1.11 bits per heavy atom. The number of benzene rings is 2. The van der Waals surface area contributed by atoms with Crippen molar-refractivity contribution in [3.63, 3.8) is 0 Å². The van der Waals surface area contributed by atoms with Gasteiger partial charge in [-0.05, 0) is 48.9 Å². The third-order valence-electron chi connectivity index (χ3n) is 5.77. The van der Waals surface area contributed by atoms with Gasteiger partial charge in [-0.25, -0.2) is 8.42 Å². The molecule has 4 aromatic rings. The SMILES string of the molecule is Cc1ccc(S(=O)(=O)N(Cc2ccc(/C=c3\sc4n(c3=O)CCN=4)o2)Cc2ccc(Cl)cc2Cl)cc1. The summed E-state index contributed by atoms with van der Waals surface area (Å²) in [5.41, 5.74) is 1.46. The van der Waals surface area contributed by atoms with Crippen molar-refractivity contribution in [3.8, 4) is 0 Å². The number of thiazole rings is 1. The molecule has 0 saturated heterocycles. The van der Waals surface area contributed by atoms with Crippen molar-refractivity contribution < 1.29 is 12.8 Å². The highest BCUT2D eigenvalue weighted by Gasteiger charge is 2.27. The predicted octanol–water partition coefficient (Wildman–Crippen LogP) is 3.97. The molecule has 2 aromatic carbocycles.